The molecule has 2 fully saturated rings. The van der Waals surface area contributed by atoms with E-state index in [1.807, 2.05) is 0 Å². The molecule has 0 aliphatic carbocycles. The SMILES string of the molecule is C.CCCCCCCCCCCCCCCC1CCN2CCC2OS1(=O)=O. The number of hydrogen-bond donors (Lipinski definition) is 0. The van der Waals surface area contributed by atoms with Crippen LogP contribution in [0.4, 0.5) is 0 Å². The summed E-state index contributed by atoms with van der Waals surface area (Å²) in [5, 5.41) is -0.277. The number of rotatable bonds is 14. The highest BCUT2D eigenvalue weighted by Crippen LogP contribution is 2.29. The van der Waals surface area contributed by atoms with E-state index < -0.39 is 10.1 Å². The molecular weight excluding hydrogens is 358 g/mol. The molecule has 0 aromatic rings. The summed E-state index contributed by atoms with van der Waals surface area (Å²) in [6.07, 6.45) is 19.5. The fourth-order valence-corrected chi connectivity index (χ4v) is 5.68. The molecule has 4 nitrogen and oxygen atoms in total. The molecule has 0 N–H and O–H groups in total. The van der Waals surface area contributed by atoms with Crippen LogP contribution in [0.2, 0.25) is 0 Å². The van der Waals surface area contributed by atoms with Gasteiger partial charge in [0.05, 0.1) is 5.25 Å². The number of nitrogens with zero attached hydrogens (tertiary/aromatic N) is 1. The summed E-state index contributed by atoms with van der Waals surface area (Å²) in [7, 11) is -3.35. The van der Waals surface area contributed by atoms with Gasteiger partial charge < -0.3 is 0 Å². The van der Waals surface area contributed by atoms with Crippen molar-refractivity contribution in [3.05, 3.63) is 0 Å². The summed E-state index contributed by atoms with van der Waals surface area (Å²) in [6, 6.07) is 0. The highest BCUT2D eigenvalue weighted by molar-refractivity contribution is 7.87. The van der Waals surface area contributed by atoms with Gasteiger partial charge >= 0.3 is 0 Å². The Labute approximate surface area is 169 Å². The van der Waals surface area contributed by atoms with Crippen LogP contribution in [0.3, 0.4) is 0 Å². The molecule has 2 heterocycles. The average Bonchev–Trinajstić information content (AvgIpc) is 2.68. The predicted molar refractivity (Wildman–Crippen MR) is 115 cm³/mol. The van der Waals surface area contributed by atoms with Crippen molar-refractivity contribution in [3.63, 3.8) is 0 Å². The topological polar surface area (TPSA) is 46.6 Å². The maximum absolute atomic E-state index is 12.3. The third-order valence-electron chi connectivity index (χ3n) is 6.09. The molecule has 0 saturated carbocycles. The summed E-state index contributed by atoms with van der Waals surface area (Å²) in [5.41, 5.74) is 0. The predicted octanol–water partition coefficient (Wildman–Crippen LogP) is 6.25. The summed E-state index contributed by atoms with van der Waals surface area (Å²) in [6.45, 7) is 4.14. The van der Waals surface area contributed by atoms with Gasteiger partial charge in [-0.05, 0) is 12.8 Å². The molecule has 0 amide bonds. The first-order valence-electron chi connectivity index (χ1n) is 11.3. The zero-order chi connectivity index (χ0) is 18.7. The minimum Gasteiger partial charge on any atom is -0.277 e. The Bertz CT molecular complexity index is 466. The zero-order valence-corrected chi connectivity index (χ0v) is 17.8. The van der Waals surface area contributed by atoms with Gasteiger partial charge in [0.25, 0.3) is 10.1 Å². The third-order valence-corrected chi connectivity index (χ3v) is 7.87. The van der Waals surface area contributed by atoms with E-state index in [-0.39, 0.29) is 18.9 Å². The zero-order valence-electron chi connectivity index (χ0n) is 17.0. The van der Waals surface area contributed by atoms with E-state index >= 15 is 0 Å². The van der Waals surface area contributed by atoms with Crippen LogP contribution in [-0.4, -0.2) is 37.9 Å². The smallest absolute Gasteiger partial charge is 0.271 e. The van der Waals surface area contributed by atoms with Crippen molar-refractivity contribution >= 4 is 10.1 Å². The first-order valence-corrected chi connectivity index (χ1v) is 12.8. The van der Waals surface area contributed by atoms with Crippen molar-refractivity contribution in [1.82, 2.24) is 4.90 Å². The average molecular weight is 404 g/mol. The Morgan fingerprint density at radius 3 is 1.74 bits per heavy atom. The van der Waals surface area contributed by atoms with E-state index in [2.05, 4.69) is 11.8 Å². The van der Waals surface area contributed by atoms with Gasteiger partial charge in [0.2, 0.25) is 0 Å². The maximum Gasteiger partial charge on any atom is 0.271 e. The van der Waals surface area contributed by atoms with E-state index in [1.165, 1.54) is 70.6 Å². The second-order valence-electron chi connectivity index (χ2n) is 8.31. The maximum atomic E-state index is 12.3. The van der Waals surface area contributed by atoms with Crippen LogP contribution in [0.15, 0.2) is 0 Å². The fourth-order valence-electron chi connectivity index (χ4n) is 4.15. The molecule has 2 atom stereocenters. The van der Waals surface area contributed by atoms with Gasteiger partial charge in [0, 0.05) is 19.5 Å². The standard InChI is InChI=1S/C21H41NO3S.CH4/c1-2-3-4-5-6-7-8-9-10-11-12-13-14-15-20-16-18-22-19-17-21(22)25-26(20,23)24;/h20-21H,2-19H2,1H3;1H4. The van der Waals surface area contributed by atoms with E-state index in [0.29, 0.717) is 0 Å². The van der Waals surface area contributed by atoms with Crippen molar-refractivity contribution < 1.29 is 12.6 Å². The third kappa shape index (κ3) is 9.27. The van der Waals surface area contributed by atoms with Crippen molar-refractivity contribution in [2.45, 2.75) is 129 Å². The lowest BCUT2D eigenvalue weighted by Gasteiger charge is -2.37. The minimum atomic E-state index is -3.35. The lowest BCUT2D eigenvalue weighted by atomic mass is 10.0. The second kappa shape index (κ2) is 13.9. The molecule has 0 aromatic carbocycles. The molecule has 0 bridgehead atoms. The number of hydrogen-bond acceptors (Lipinski definition) is 4. The van der Waals surface area contributed by atoms with Crippen LogP contribution < -0.4 is 0 Å². The first-order chi connectivity index (χ1) is 12.6. The van der Waals surface area contributed by atoms with Gasteiger partial charge in [0.1, 0.15) is 6.23 Å². The molecule has 27 heavy (non-hydrogen) atoms. The normalized spacial score (nSPS) is 24.5. The van der Waals surface area contributed by atoms with Crippen molar-refractivity contribution in [3.8, 4) is 0 Å². The van der Waals surface area contributed by atoms with E-state index in [4.69, 9.17) is 4.18 Å². The molecule has 0 radical (unpaired) electrons. The summed E-state index contributed by atoms with van der Waals surface area (Å²) in [5.74, 6) is 0. The van der Waals surface area contributed by atoms with Crippen molar-refractivity contribution in [1.29, 1.82) is 0 Å². The molecule has 2 aliphatic rings. The Morgan fingerprint density at radius 2 is 1.26 bits per heavy atom. The monoisotopic (exact) mass is 403 g/mol. The molecule has 5 heteroatoms. The van der Waals surface area contributed by atoms with E-state index in [1.54, 1.807) is 0 Å². The molecular formula is C22H45NO3S. The molecule has 2 unspecified atom stereocenters. The van der Waals surface area contributed by atoms with Gasteiger partial charge in [0.15, 0.2) is 0 Å². The van der Waals surface area contributed by atoms with Crippen LogP contribution in [-0.2, 0) is 14.3 Å². The summed E-state index contributed by atoms with van der Waals surface area (Å²) < 4.78 is 30.0. The van der Waals surface area contributed by atoms with Gasteiger partial charge in [-0.3, -0.25) is 9.08 Å². The Balaban J connectivity index is 0.00000364. The summed E-state index contributed by atoms with van der Waals surface area (Å²) >= 11 is 0. The molecule has 0 spiro atoms. The Kier molecular flexibility index (Phi) is 12.9. The minimum absolute atomic E-state index is 0. The van der Waals surface area contributed by atoms with Crippen molar-refractivity contribution in [2.24, 2.45) is 0 Å². The molecule has 2 aliphatic heterocycles. The highest BCUT2D eigenvalue weighted by Gasteiger charge is 2.40. The molecule has 162 valence electrons. The highest BCUT2D eigenvalue weighted by atomic mass is 32.2. The van der Waals surface area contributed by atoms with Crippen LogP contribution >= 0.6 is 0 Å². The number of fused-ring (bicyclic) bond motifs is 1. The molecule has 2 saturated heterocycles. The number of unbranched alkanes of at least 4 members (excludes halogenated alkanes) is 12. The van der Waals surface area contributed by atoms with E-state index in [9.17, 15) is 8.42 Å². The van der Waals surface area contributed by atoms with Gasteiger partial charge in [-0.25, -0.2) is 0 Å². The van der Waals surface area contributed by atoms with Crippen LogP contribution in [0.5, 0.6) is 0 Å². The largest absolute Gasteiger partial charge is 0.277 e. The van der Waals surface area contributed by atoms with Crippen LogP contribution in [0.25, 0.3) is 0 Å². The molecule has 2 rings (SSSR count). The van der Waals surface area contributed by atoms with Crippen molar-refractivity contribution in [2.75, 3.05) is 13.1 Å². The Hall–Kier alpha value is -0.130. The van der Waals surface area contributed by atoms with Gasteiger partial charge in [-0.15, -0.1) is 0 Å². The lowest BCUT2D eigenvalue weighted by molar-refractivity contribution is -0.0433. The summed E-state index contributed by atoms with van der Waals surface area (Å²) in [4.78, 5) is 2.15. The quantitative estimate of drug-likeness (QED) is 0.254. The second-order valence-corrected chi connectivity index (χ2v) is 10.2. The lowest BCUT2D eigenvalue weighted by Crippen LogP contribution is -2.48. The van der Waals surface area contributed by atoms with Crippen LogP contribution in [0, 0.1) is 0 Å². The van der Waals surface area contributed by atoms with Gasteiger partial charge in [-0.1, -0.05) is 97.8 Å². The van der Waals surface area contributed by atoms with Crippen LogP contribution in [0.1, 0.15) is 117 Å². The fraction of sp³-hybridized carbons (Fsp3) is 1.00. The van der Waals surface area contributed by atoms with Gasteiger partial charge in [-0.2, -0.15) is 8.42 Å². The first kappa shape index (κ1) is 24.9. The molecule has 0 aromatic heterocycles. The Morgan fingerprint density at radius 1 is 0.778 bits per heavy atom. The van der Waals surface area contributed by atoms with E-state index in [0.717, 1.165) is 45.2 Å².